The van der Waals surface area contributed by atoms with Crippen molar-refractivity contribution in [3.8, 4) is 0 Å². The van der Waals surface area contributed by atoms with Gasteiger partial charge < -0.3 is 0 Å². The third-order valence-electron chi connectivity index (χ3n) is 0.970. The number of hydroxylamine groups is 1. The molecule has 1 heterocycles. The van der Waals surface area contributed by atoms with E-state index in [1.807, 2.05) is 0 Å². The Morgan fingerprint density at radius 1 is 1.80 bits per heavy atom. The first kappa shape index (κ1) is 6.76. The van der Waals surface area contributed by atoms with Crippen molar-refractivity contribution in [3.05, 3.63) is 18.5 Å². The zero-order valence-electron chi connectivity index (χ0n) is 5.47. The third kappa shape index (κ3) is 1.14. The normalized spacial score (nSPS) is 9.30. The van der Waals surface area contributed by atoms with Crippen LogP contribution in [0, 0.1) is 0 Å². The van der Waals surface area contributed by atoms with E-state index in [1.54, 1.807) is 18.5 Å². The van der Waals surface area contributed by atoms with Crippen molar-refractivity contribution in [3.63, 3.8) is 0 Å². The zero-order chi connectivity index (χ0) is 7.40. The van der Waals surface area contributed by atoms with Gasteiger partial charge in [0.2, 0.25) is 0 Å². The van der Waals surface area contributed by atoms with Crippen molar-refractivity contribution >= 4 is 6.41 Å². The van der Waals surface area contributed by atoms with Gasteiger partial charge in [0, 0.05) is 0 Å². The molecule has 0 aliphatic rings. The lowest BCUT2D eigenvalue weighted by Gasteiger charge is -2.11. The average molecular weight is 141 g/mol. The second kappa shape index (κ2) is 2.98. The maximum Gasteiger partial charge on any atom is 0.256 e. The lowest BCUT2D eigenvalue weighted by atomic mass is 10.8. The summed E-state index contributed by atoms with van der Waals surface area (Å²) in [6, 6.07) is 1.69. The van der Waals surface area contributed by atoms with E-state index in [1.165, 1.54) is 11.9 Å². The Balaban J connectivity index is 2.73. The van der Waals surface area contributed by atoms with Gasteiger partial charge in [0.15, 0.2) is 0 Å². The molecule has 5 heteroatoms. The van der Waals surface area contributed by atoms with Gasteiger partial charge in [-0.15, -0.1) is 5.17 Å². The molecule has 0 aromatic carbocycles. The lowest BCUT2D eigenvalue weighted by molar-refractivity contribution is -0.116. The van der Waals surface area contributed by atoms with Crippen molar-refractivity contribution in [1.82, 2.24) is 9.89 Å². The first-order valence-electron chi connectivity index (χ1n) is 2.67. The summed E-state index contributed by atoms with van der Waals surface area (Å²) in [6.45, 7) is 0. The number of carbonyl (C=O) groups is 1. The number of rotatable bonds is 3. The molecule has 0 saturated heterocycles. The Morgan fingerprint density at radius 3 is 3.00 bits per heavy atom. The molecule has 1 rings (SSSR count). The van der Waals surface area contributed by atoms with Crippen LogP contribution in [0.25, 0.3) is 0 Å². The quantitative estimate of drug-likeness (QED) is 0.422. The molecule has 1 amide bonds. The molecular weight excluding hydrogens is 134 g/mol. The maximum absolute atomic E-state index is 10.2. The van der Waals surface area contributed by atoms with E-state index in [9.17, 15) is 4.79 Å². The first-order valence-corrected chi connectivity index (χ1v) is 2.67. The number of nitrogens with zero attached hydrogens (tertiary/aromatic N) is 3. The monoisotopic (exact) mass is 141 g/mol. The van der Waals surface area contributed by atoms with E-state index in [4.69, 9.17) is 0 Å². The summed E-state index contributed by atoms with van der Waals surface area (Å²) in [5.74, 6) is 0. The van der Waals surface area contributed by atoms with Crippen LogP contribution < -0.4 is 5.17 Å². The van der Waals surface area contributed by atoms with Crippen molar-refractivity contribution in [1.29, 1.82) is 0 Å². The summed E-state index contributed by atoms with van der Waals surface area (Å²) >= 11 is 0. The van der Waals surface area contributed by atoms with Crippen LogP contribution in [0.5, 0.6) is 0 Å². The van der Waals surface area contributed by atoms with Gasteiger partial charge in [-0.2, -0.15) is 9.89 Å². The fourth-order valence-electron chi connectivity index (χ4n) is 0.552. The highest BCUT2D eigenvalue weighted by atomic mass is 16.7. The molecule has 0 saturated carbocycles. The van der Waals surface area contributed by atoms with Crippen molar-refractivity contribution in [2.24, 2.45) is 0 Å². The predicted molar refractivity (Wildman–Crippen MR) is 33.5 cm³/mol. The summed E-state index contributed by atoms with van der Waals surface area (Å²) in [5.41, 5.74) is 0. The van der Waals surface area contributed by atoms with Gasteiger partial charge in [-0.05, 0) is 6.07 Å². The largest absolute Gasteiger partial charge is 0.274 e. The van der Waals surface area contributed by atoms with Crippen LogP contribution in [-0.4, -0.2) is 23.4 Å². The Labute approximate surface area is 57.7 Å². The van der Waals surface area contributed by atoms with Gasteiger partial charge in [-0.1, -0.05) is 0 Å². The molecular formula is C5H7N3O2. The number of carbonyl (C=O) groups excluding carboxylic acids is 1. The van der Waals surface area contributed by atoms with Gasteiger partial charge in [-0.25, -0.2) is 0 Å². The molecule has 0 spiro atoms. The fraction of sp³-hybridized carbons (Fsp3) is 0.200. The van der Waals surface area contributed by atoms with Gasteiger partial charge in [-0.3, -0.25) is 9.63 Å². The van der Waals surface area contributed by atoms with E-state index >= 15 is 0 Å². The third-order valence-corrected chi connectivity index (χ3v) is 0.970. The average Bonchev–Trinajstić information content (AvgIpc) is 2.43. The Bertz CT molecular complexity index is 197. The smallest absolute Gasteiger partial charge is 0.256 e. The highest BCUT2D eigenvalue weighted by molar-refractivity contribution is 5.57. The van der Waals surface area contributed by atoms with E-state index in [0.29, 0.717) is 6.41 Å². The van der Waals surface area contributed by atoms with Crippen LogP contribution in [0.3, 0.4) is 0 Å². The molecule has 0 radical (unpaired) electrons. The molecule has 0 bridgehead atoms. The second-order valence-corrected chi connectivity index (χ2v) is 1.52. The van der Waals surface area contributed by atoms with Gasteiger partial charge in [0.25, 0.3) is 6.41 Å². The molecule has 0 atom stereocenters. The molecule has 10 heavy (non-hydrogen) atoms. The van der Waals surface area contributed by atoms with Crippen LogP contribution in [0.2, 0.25) is 0 Å². The second-order valence-electron chi connectivity index (χ2n) is 1.52. The molecule has 0 aliphatic heterocycles. The molecule has 0 aliphatic carbocycles. The Morgan fingerprint density at radius 2 is 2.60 bits per heavy atom. The number of amides is 1. The van der Waals surface area contributed by atoms with Crippen molar-refractivity contribution in [2.45, 2.75) is 0 Å². The summed E-state index contributed by atoms with van der Waals surface area (Å²) in [6.07, 6.45) is 3.67. The number of hydrogen-bond acceptors (Lipinski definition) is 3. The van der Waals surface area contributed by atoms with Gasteiger partial charge in [0.1, 0.15) is 0 Å². The van der Waals surface area contributed by atoms with E-state index in [-0.39, 0.29) is 0 Å². The lowest BCUT2D eigenvalue weighted by Crippen LogP contribution is -2.32. The van der Waals surface area contributed by atoms with Crippen LogP contribution in [-0.2, 0) is 9.63 Å². The SMILES string of the molecule is CON(C=O)n1cccn1. The predicted octanol–water partition coefficient (Wildman–Crippen LogP) is -0.461. The maximum atomic E-state index is 10.2. The van der Waals surface area contributed by atoms with Crippen LogP contribution in [0.1, 0.15) is 0 Å². The van der Waals surface area contributed by atoms with Crippen molar-refractivity contribution in [2.75, 3.05) is 12.3 Å². The molecule has 0 N–H and O–H groups in total. The van der Waals surface area contributed by atoms with E-state index in [2.05, 4.69) is 9.94 Å². The summed E-state index contributed by atoms with van der Waals surface area (Å²) in [5, 5.41) is 4.70. The molecule has 5 nitrogen and oxygen atoms in total. The van der Waals surface area contributed by atoms with Crippen LogP contribution in [0.4, 0.5) is 0 Å². The molecule has 0 unspecified atom stereocenters. The summed E-state index contributed by atoms with van der Waals surface area (Å²) in [4.78, 5) is 16.1. The van der Waals surface area contributed by atoms with E-state index < -0.39 is 0 Å². The minimum atomic E-state index is 0.521. The Kier molecular flexibility index (Phi) is 2.01. The van der Waals surface area contributed by atoms with Crippen LogP contribution in [0.15, 0.2) is 18.5 Å². The fourth-order valence-corrected chi connectivity index (χ4v) is 0.552. The topological polar surface area (TPSA) is 47.4 Å². The van der Waals surface area contributed by atoms with E-state index in [0.717, 1.165) is 5.17 Å². The first-order chi connectivity index (χ1) is 4.88. The molecule has 1 aromatic rings. The highest BCUT2D eigenvalue weighted by Crippen LogP contribution is 1.84. The van der Waals surface area contributed by atoms with Gasteiger partial charge in [0.05, 0.1) is 19.5 Å². The van der Waals surface area contributed by atoms with Gasteiger partial charge >= 0.3 is 0 Å². The minimum Gasteiger partial charge on any atom is -0.274 e. The number of hydrogen-bond donors (Lipinski definition) is 0. The minimum absolute atomic E-state index is 0.521. The molecule has 1 aromatic heterocycles. The summed E-state index contributed by atoms with van der Waals surface area (Å²) < 4.78 is 0. The van der Waals surface area contributed by atoms with Crippen molar-refractivity contribution < 1.29 is 9.63 Å². The summed E-state index contributed by atoms with van der Waals surface area (Å²) in [7, 11) is 1.38. The van der Waals surface area contributed by atoms with Crippen LogP contribution >= 0.6 is 0 Å². The molecule has 0 fully saturated rings. The Hall–Kier alpha value is -1.36. The molecule has 54 valence electrons. The highest BCUT2D eigenvalue weighted by Gasteiger charge is 1.98. The standard InChI is InChI=1S/C5H7N3O2/c1-10-8(5-9)7-4-2-3-6-7/h2-5H,1H3. The zero-order valence-corrected chi connectivity index (χ0v) is 5.47. The number of aromatic nitrogens is 2.